The van der Waals surface area contributed by atoms with Gasteiger partial charge in [-0.05, 0) is 48.7 Å². The summed E-state index contributed by atoms with van der Waals surface area (Å²) in [4.78, 5) is 2.29. The van der Waals surface area contributed by atoms with E-state index in [1.165, 1.54) is 5.56 Å². The van der Waals surface area contributed by atoms with Gasteiger partial charge in [0.25, 0.3) is 0 Å². The van der Waals surface area contributed by atoms with Gasteiger partial charge in [-0.3, -0.25) is 4.90 Å². The van der Waals surface area contributed by atoms with E-state index in [9.17, 15) is 5.11 Å². The zero-order valence-electron chi connectivity index (χ0n) is 16.1. The van der Waals surface area contributed by atoms with E-state index in [1.807, 2.05) is 42.5 Å². The van der Waals surface area contributed by atoms with Crippen molar-refractivity contribution in [3.05, 3.63) is 60.2 Å². The second kappa shape index (κ2) is 10.8. The van der Waals surface area contributed by atoms with Crippen LogP contribution in [0.3, 0.4) is 0 Å². The number of para-hydroxylation sites is 1. The zero-order chi connectivity index (χ0) is 18.8. The fourth-order valence-electron chi connectivity index (χ4n) is 2.76. The van der Waals surface area contributed by atoms with E-state index in [1.54, 1.807) is 7.11 Å². The number of aliphatic hydroxyl groups excluding tert-OH is 1. The molecule has 1 atom stereocenters. The fraction of sp³-hybridized carbons (Fsp3) is 0.455. The SMILES string of the molecule is COc1cccc(CN(CCC(C)C)C[C@H](O)COc2ccccc2)c1. The lowest BCUT2D eigenvalue weighted by molar-refractivity contribution is 0.0639. The maximum atomic E-state index is 10.4. The van der Waals surface area contributed by atoms with Gasteiger partial charge in [0.15, 0.2) is 0 Å². The van der Waals surface area contributed by atoms with Gasteiger partial charge in [-0.25, -0.2) is 0 Å². The zero-order valence-corrected chi connectivity index (χ0v) is 16.1. The molecule has 0 bridgehead atoms. The highest BCUT2D eigenvalue weighted by Gasteiger charge is 2.14. The van der Waals surface area contributed by atoms with Crippen molar-refractivity contribution in [2.75, 3.05) is 26.8 Å². The maximum Gasteiger partial charge on any atom is 0.119 e. The lowest BCUT2D eigenvalue weighted by atomic mass is 10.1. The van der Waals surface area contributed by atoms with Gasteiger partial charge in [0, 0.05) is 13.1 Å². The van der Waals surface area contributed by atoms with Crippen LogP contribution in [0.2, 0.25) is 0 Å². The first kappa shape index (κ1) is 20.3. The molecular weight excluding hydrogens is 326 g/mol. The van der Waals surface area contributed by atoms with E-state index in [2.05, 4.69) is 30.9 Å². The molecule has 26 heavy (non-hydrogen) atoms. The first-order chi connectivity index (χ1) is 12.6. The lowest BCUT2D eigenvalue weighted by Gasteiger charge is -2.26. The number of rotatable bonds is 11. The van der Waals surface area contributed by atoms with Crippen molar-refractivity contribution in [1.29, 1.82) is 0 Å². The predicted molar refractivity (Wildman–Crippen MR) is 106 cm³/mol. The van der Waals surface area contributed by atoms with Gasteiger partial charge in [0.1, 0.15) is 24.2 Å². The fourth-order valence-corrected chi connectivity index (χ4v) is 2.76. The predicted octanol–water partition coefficient (Wildman–Crippen LogP) is 3.98. The molecule has 0 radical (unpaired) electrons. The Balaban J connectivity index is 1.92. The molecular formula is C22H31NO3. The van der Waals surface area contributed by atoms with Crippen LogP contribution in [0.25, 0.3) is 0 Å². The Kier molecular flexibility index (Phi) is 8.45. The molecule has 0 fully saturated rings. The first-order valence-corrected chi connectivity index (χ1v) is 9.28. The lowest BCUT2D eigenvalue weighted by Crippen LogP contribution is -2.36. The molecule has 0 saturated heterocycles. The van der Waals surface area contributed by atoms with E-state index in [4.69, 9.17) is 9.47 Å². The van der Waals surface area contributed by atoms with Crippen molar-refractivity contribution < 1.29 is 14.6 Å². The molecule has 0 aromatic heterocycles. The number of aliphatic hydroxyl groups is 1. The largest absolute Gasteiger partial charge is 0.497 e. The minimum atomic E-state index is -0.534. The number of hydrogen-bond acceptors (Lipinski definition) is 4. The van der Waals surface area contributed by atoms with E-state index in [0.717, 1.165) is 31.0 Å². The number of ether oxygens (including phenoxy) is 2. The molecule has 2 aromatic rings. The van der Waals surface area contributed by atoms with Crippen molar-refractivity contribution in [2.24, 2.45) is 5.92 Å². The summed E-state index contributed by atoms with van der Waals surface area (Å²) in [5.74, 6) is 2.27. The third-order valence-corrected chi connectivity index (χ3v) is 4.22. The number of methoxy groups -OCH3 is 1. The van der Waals surface area contributed by atoms with Crippen LogP contribution in [0.4, 0.5) is 0 Å². The average molecular weight is 357 g/mol. The maximum absolute atomic E-state index is 10.4. The molecule has 4 heteroatoms. The summed E-state index contributed by atoms with van der Waals surface area (Å²) in [6.07, 6.45) is 0.559. The van der Waals surface area contributed by atoms with Crippen molar-refractivity contribution >= 4 is 0 Å². The topological polar surface area (TPSA) is 41.9 Å². The van der Waals surface area contributed by atoms with Gasteiger partial charge in [-0.15, -0.1) is 0 Å². The minimum Gasteiger partial charge on any atom is -0.497 e. The van der Waals surface area contributed by atoms with Gasteiger partial charge in [-0.1, -0.05) is 44.2 Å². The quantitative estimate of drug-likeness (QED) is 0.660. The summed E-state index contributed by atoms with van der Waals surface area (Å²) in [7, 11) is 1.68. The summed E-state index contributed by atoms with van der Waals surface area (Å²) in [5, 5.41) is 10.4. The normalized spacial score (nSPS) is 12.4. The van der Waals surface area contributed by atoms with Crippen LogP contribution in [0.15, 0.2) is 54.6 Å². The molecule has 0 amide bonds. The number of hydrogen-bond donors (Lipinski definition) is 1. The smallest absolute Gasteiger partial charge is 0.119 e. The highest BCUT2D eigenvalue weighted by molar-refractivity contribution is 5.28. The third-order valence-electron chi connectivity index (χ3n) is 4.22. The Hall–Kier alpha value is -2.04. The highest BCUT2D eigenvalue weighted by atomic mass is 16.5. The molecule has 0 heterocycles. The first-order valence-electron chi connectivity index (χ1n) is 9.28. The van der Waals surface area contributed by atoms with Gasteiger partial charge in [0.2, 0.25) is 0 Å². The van der Waals surface area contributed by atoms with Crippen LogP contribution in [-0.2, 0) is 6.54 Å². The molecule has 2 rings (SSSR count). The van der Waals surface area contributed by atoms with Crippen LogP contribution in [0, 0.1) is 5.92 Å². The van der Waals surface area contributed by atoms with Gasteiger partial charge < -0.3 is 14.6 Å². The summed E-state index contributed by atoms with van der Waals surface area (Å²) >= 11 is 0. The Morgan fingerprint density at radius 3 is 2.42 bits per heavy atom. The summed E-state index contributed by atoms with van der Waals surface area (Å²) in [6, 6.07) is 17.7. The van der Waals surface area contributed by atoms with Crippen molar-refractivity contribution in [1.82, 2.24) is 4.90 Å². The molecule has 2 aromatic carbocycles. The summed E-state index contributed by atoms with van der Waals surface area (Å²) in [5.41, 5.74) is 1.18. The Morgan fingerprint density at radius 1 is 1.00 bits per heavy atom. The number of benzene rings is 2. The molecule has 0 aliphatic carbocycles. The van der Waals surface area contributed by atoms with Crippen LogP contribution in [0.5, 0.6) is 11.5 Å². The Morgan fingerprint density at radius 2 is 1.73 bits per heavy atom. The van der Waals surface area contributed by atoms with Gasteiger partial charge in [-0.2, -0.15) is 0 Å². The van der Waals surface area contributed by atoms with Crippen LogP contribution in [-0.4, -0.2) is 42.9 Å². The van der Waals surface area contributed by atoms with Crippen molar-refractivity contribution in [3.63, 3.8) is 0 Å². The number of nitrogens with zero attached hydrogens (tertiary/aromatic N) is 1. The molecule has 0 unspecified atom stereocenters. The monoisotopic (exact) mass is 357 g/mol. The third kappa shape index (κ3) is 7.46. The van der Waals surface area contributed by atoms with Crippen LogP contribution in [0.1, 0.15) is 25.8 Å². The van der Waals surface area contributed by atoms with Crippen molar-refractivity contribution in [3.8, 4) is 11.5 Å². The van der Waals surface area contributed by atoms with Crippen molar-refractivity contribution in [2.45, 2.75) is 32.9 Å². The van der Waals surface area contributed by atoms with Crippen LogP contribution >= 0.6 is 0 Å². The van der Waals surface area contributed by atoms with Crippen LogP contribution < -0.4 is 9.47 Å². The molecule has 0 aliphatic rings. The molecule has 0 saturated carbocycles. The molecule has 4 nitrogen and oxygen atoms in total. The average Bonchev–Trinajstić information content (AvgIpc) is 2.65. The highest BCUT2D eigenvalue weighted by Crippen LogP contribution is 2.16. The molecule has 1 N–H and O–H groups in total. The van der Waals surface area contributed by atoms with E-state index in [0.29, 0.717) is 19.1 Å². The molecule has 0 spiro atoms. The summed E-state index contributed by atoms with van der Waals surface area (Å²) in [6.45, 7) is 7.04. The molecule has 142 valence electrons. The van der Waals surface area contributed by atoms with E-state index in [-0.39, 0.29) is 0 Å². The minimum absolute atomic E-state index is 0.292. The van der Waals surface area contributed by atoms with E-state index < -0.39 is 6.10 Å². The van der Waals surface area contributed by atoms with Gasteiger partial charge >= 0.3 is 0 Å². The van der Waals surface area contributed by atoms with E-state index >= 15 is 0 Å². The second-order valence-electron chi connectivity index (χ2n) is 7.05. The standard InChI is InChI=1S/C22H31NO3/c1-18(2)12-13-23(15-19-8-7-11-22(14-19)25-3)16-20(24)17-26-21-9-5-4-6-10-21/h4-11,14,18,20,24H,12-13,15-17H2,1-3H3/t20-/m0/s1. The Bertz CT molecular complexity index is 630. The molecule has 0 aliphatic heterocycles. The van der Waals surface area contributed by atoms with Gasteiger partial charge in [0.05, 0.1) is 7.11 Å². The Labute approximate surface area is 157 Å². The second-order valence-corrected chi connectivity index (χ2v) is 7.05. The summed E-state index contributed by atoms with van der Waals surface area (Å²) < 4.78 is 11.0.